The number of hydrogen-bond acceptors (Lipinski definition) is 1. The molecule has 0 aliphatic heterocycles. The molecule has 0 aromatic heterocycles. The molecule has 1 nitrogen and oxygen atoms in total. The summed E-state index contributed by atoms with van der Waals surface area (Å²) in [5, 5.41) is 3.55. The van der Waals surface area contributed by atoms with Gasteiger partial charge in [-0.2, -0.15) is 0 Å². The van der Waals surface area contributed by atoms with Crippen LogP contribution in [0.15, 0.2) is 72.3 Å². The van der Waals surface area contributed by atoms with Gasteiger partial charge < -0.3 is 5.32 Å². The van der Waals surface area contributed by atoms with Gasteiger partial charge in [-0.05, 0) is 117 Å². The summed E-state index contributed by atoms with van der Waals surface area (Å²) in [4.78, 5) is 0. The van der Waals surface area contributed by atoms with E-state index in [0.29, 0.717) is 16.7 Å². The first-order valence-corrected chi connectivity index (χ1v) is 26.6. The smallest absolute Gasteiger partial charge is 0.0344 e. The Hall–Kier alpha value is -2.28. The van der Waals surface area contributed by atoms with E-state index in [1.54, 1.807) is 0 Å². The summed E-state index contributed by atoms with van der Waals surface area (Å²) >= 11 is 0. The van der Waals surface area contributed by atoms with Crippen molar-refractivity contribution in [3.63, 3.8) is 0 Å². The Balaban J connectivity index is -0.000000122. The van der Waals surface area contributed by atoms with Gasteiger partial charge in [0.25, 0.3) is 0 Å². The van der Waals surface area contributed by atoms with E-state index in [-0.39, 0.29) is 5.54 Å². The molecule has 3 rings (SSSR count). The molecule has 0 saturated heterocycles. The standard InChI is InChI=1S/C15H18.C13H21N.C8H18.C6H14.4C4H10.C3H8.C2H6/c1-12-3-7-14(8-4-12)11-15-9-5-13(2)6-10-15;1-5-10-13(3,4)14-12-8-6-11(2)7-9-12;1-5-7-8(3,4)6-2;1-5-6(2,3)4;4*1-4(2)3;1-3-2;1-2/h3-5,7-10,13H,6,11H2,1-2H3;6-9,14H,5,10H2,1-4H3;5-7H2,1-4H3;5H2,1-4H3;4*4H,1-3H3;3H2,1-2H3;1-2H3. The highest BCUT2D eigenvalue weighted by molar-refractivity contribution is 5.46. The van der Waals surface area contributed by atoms with Gasteiger partial charge in [0, 0.05) is 11.2 Å². The quantitative estimate of drug-likeness (QED) is 0.264. The lowest BCUT2D eigenvalue weighted by Crippen LogP contribution is -2.30. The van der Waals surface area contributed by atoms with Crippen molar-refractivity contribution in [2.45, 2.75) is 271 Å². The molecule has 0 radical (unpaired) electrons. The van der Waals surface area contributed by atoms with E-state index in [2.05, 4.69) is 266 Å². The van der Waals surface area contributed by atoms with Crippen molar-refractivity contribution < 1.29 is 0 Å². The number of aryl methyl sites for hydroxylation is 2. The van der Waals surface area contributed by atoms with E-state index in [9.17, 15) is 0 Å². The first-order chi connectivity index (χ1) is 29.3. The fourth-order valence-electron chi connectivity index (χ4n) is 4.41. The van der Waals surface area contributed by atoms with Gasteiger partial charge in [0.05, 0.1) is 0 Å². The van der Waals surface area contributed by atoms with Crippen LogP contribution in [-0.2, 0) is 6.42 Å². The van der Waals surface area contributed by atoms with Crippen molar-refractivity contribution in [3.05, 3.63) is 89.0 Å². The fraction of sp³-hybridized carbons (Fsp3) is 0.746. The Morgan fingerprint density at radius 2 is 0.875 bits per heavy atom. The predicted molar refractivity (Wildman–Crippen MR) is 308 cm³/mol. The Morgan fingerprint density at radius 3 is 1.12 bits per heavy atom. The second-order valence-corrected chi connectivity index (χ2v) is 23.0. The summed E-state index contributed by atoms with van der Waals surface area (Å²) in [5.74, 6) is 4.05. The van der Waals surface area contributed by atoms with E-state index >= 15 is 0 Å². The first-order valence-electron chi connectivity index (χ1n) is 26.6. The molecule has 1 unspecified atom stereocenters. The van der Waals surface area contributed by atoms with Crippen molar-refractivity contribution in [1.82, 2.24) is 0 Å². The molecule has 1 N–H and O–H groups in total. The zero-order chi connectivity index (χ0) is 52.1. The van der Waals surface area contributed by atoms with Crippen LogP contribution in [0.1, 0.15) is 262 Å². The van der Waals surface area contributed by atoms with Crippen LogP contribution < -0.4 is 5.32 Å². The average molecular weight is 897 g/mol. The number of allylic oxidation sites excluding steroid dienone is 4. The lowest BCUT2D eigenvalue weighted by molar-refractivity contribution is 0.319. The van der Waals surface area contributed by atoms with E-state index in [1.807, 2.05) is 13.8 Å². The van der Waals surface area contributed by atoms with Gasteiger partial charge in [-0.25, -0.2) is 0 Å². The average Bonchev–Trinajstić information content (AvgIpc) is 3.15. The summed E-state index contributed by atoms with van der Waals surface area (Å²) in [7, 11) is 0. The number of benzene rings is 2. The molecular weight excluding hydrogens is 771 g/mol. The molecule has 1 atom stereocenters. The molecule has 0 amide bonds. The monoisotopic (exact) mass is 896 g/mol. The Labute approximate surface area is 409 Å². The first kappa shape index (κ1) is 76.0. The van der Waals surface area contributed by atoms with Crippen molar-refractivity contribution in [2.24, 2.45) is 40.4 Å². The molecule has 1 heteroatoms. The molecule has 2 aromatic carbocycles. The summed E-state index contributed by atoms with van der Waals surface area (Å²) in [6, 6.07) is 17.4. The van der Waals surface area contributed by atoms with Gasteiger partial charge in [0.1, 0.15) is 0 Å². The second-order valence-electron chi connectivity index (χ2n) is 23.0. The number of rotatable bonds is 9. The van der Waals surface area contributed by atoms with Crippen molar-refractivity contribution in [2.75, 3.05) is 5.32 Å². The normalized spacial score (nSPS) is 12.5. The molecule has 0 saturated carbocycles. The minimum absolute atomic E-state index is 0.198. The number of anilines is 1. The zero-order valence-corrected chi connectivity index (χ0v) is 50.1. The summed E-state index contributed by atoms with van der Waals surface area (Å²) in [5.41, 5.74) is 8.06. The fourth-order valence-corrected chi connectivity index (χ4v) is 4.41. The second kappa shape index (κ2) is 48.6. The molecule has 0 bridgehead atoms. The topological polar surface area (TPSA) is 12.0 Å². The van der Waals surface area contributed by atoms with E-state index < -0.39 is 0 Å². The Bertz CT molecular complexity index is 1190. The van der Waals surface area contributed by atoms with Crippen molar-refractivity contribution in [1.29, 1.82) is 0 Å². The molecule has 2 aromatic rings. The molecule has 64 heavy (non-hydrogen) atoms. The summed E-state index contributed by atoms with van der Waals surface area (Å²) < 4.78 is 0. The molecule has 0 fully saturated rings. The summed E-state index contributed by atoms with van der Waals surface area (Å²) in [6.45, 7) is 65.6. The number of nitrogens with one attached hydrogen (secondary N) is 1. The SMILES string of the molecule is CC.CC(C)C.CC(C)C.CC(C)C.CC(C)C.CCC.CCC(C)(C)C.CCCC(C)(C)CC.CCCC(C)(C)Nc1ccc(C)cc1.Cc1ccc(CC2=CCC(C)C=C2)cc1. The molecule has 0 spiro atoms. The van der Waals surface area contributed by atoms with Crippen LogP contribution in [0.3, 0.4) is 0 Å². The highest BCUT2D eigenvalue weighted by Crippen LogP contribution is 2.25. The van der Waals surface area contributed by atoms with Gasteiger partial charge >= 0.3 is 0 Å². The highest BCUT2D eigenvalue weighted by atomic mass is 15.0. The van der Waals surface area contributed by atoms with E-state index in [4.69, 9.17) is 0 Å². The molecule has 382 valence electrons. The molecule has 0 heterocycles. The van der Waals surface area contributed by atoms with Crippen LogP contribution in [0.5, 0.6) is 0 Å². The van der Waals surface area contributed by atoms with Crippen LogP contribution in [-0.4, -0.2) is 5.54 Å². The van der Waals surface area contributed by atoms with Crippen molar-refractivity contribution >= 4 is 5.69 Å². The lowest BCUT2D eigenvalue weighted by Gasteiger charge is -2.27. The van der Waals surface area contributed by atoms with Crippen LogP contribution >= 0.6 is 0 Å². The van der Waals surface area contributed by atoms with Crippen LogP contribution in [0.4, 0.5) is 5.69 Å². The maximum atomic E-state index is 3.55. The van der Waals surface area contributed by atoms with Gasteiger partial charge in [0.15, 0.2) is 0 Å². The zero-order valence-electron chi connectivity index (χ0n) is 50.1. The van der Waals surface area contributed by atoms with Crippen LogP contribution in [0.25, 0.3) is 0 Å². The minimum atomic E-state index is 0.198. The maximum Gasteiger partial charge on any atom is 0.0344 e. The Morgan fingerprint density at radius 1 is 0.547 bits per heavy atom. The third kappa shape index (κ3) is 80.0. The predicted octanol–water partition coefficient (Wildman–Crippen LogP) is 22.8. The van der Waals surface area contributed by atoms with Crippen LogP contribution in [0, 0.1) is 54.3 Å². The van der Waals surface area contributed by atoms with Gasteiger partial charge in [-0.15, -0.1) is 0 Å². The third-order valence-electron chi connectivity index (χ3n) is 8.27. The van der Waals surface area contributed by atoms with Gasteiger partial charge in [0.2, 0.25) is 0 Å². The largest absolute Gasteiger partial charge is 0.380 e. The molecular formula is C63H125N. The van der Waals surface area contributed by atoms with Gasteiger partial charge in [-0.1, -0.05) is 278 Å². The van der Waals surface area contributed by atoms with Gasteiger partial charge in [-0.3, -0.25) is 0 Å². The Kier molecular flexibility index (Phi) is 57.8. The highest BCUT2D eigenvalue weighted by Gasteiger charge is 2.15. The third-order valence-corrected chi connectivity index (χ3v) is 8.27. The summed E-state index contributed by atoms with van der Waals surface area (Å²) in [6.07, 6.45) is 18.1. The lowest BCUT2D eigenvalue weighted by atomic mass is 9.86. The van der Waals surface area contributed by atoms with Crippen molar-refractivity contribution in [3.8, 4) is 0 Å². The minimum Gasteiger partial charge on any atom is -0.380 e. The van der Waals surface area contributed by atoms with Crippen LogP contribution in [0.2, 0.25) is 0 Å². The molecule has 1 aliphatic rings. The van der Waals surface area contributed by atoms with E-state index in [1.165, 1.54) is 79.3 Å². The van der Waals surface area contributed by atoms with E-state index in [0.717, 1.165) is 30.1 Å². The molecule has 1 aliphatic carbocycles. The number of hydrogen-bond donors (Lipinski definition) is 1. The maximum absolute atomic E-state index is 3.55.